The highest BCUT2D eigenvalue weighted by atomic mass is 35.5. The third-order valence-electron chi connectivity index (χ3n) is 4.19. The zero-order valence-electron chi connectivity index (χ0n) is 11.4. The van der Waals surface area contributed by atoms with E-state index in [1.807, 2.05) is 6.92 Å². The minimum atomic E-state index is -0.262. The predicted octanol–water partition coefficient (Wildman–Crippen LogP) is 1.88. The van der Waals surface area contributed by atoms with Crippen molar-refractivity contribution < 1.29 is 4.79 Å². The summed E-state index contributed by atoms with van der Waals surface area (Å²) in [6.45, 7) is 1.99. The molecule has 7 heteroatoms. The lowest BCUT2D eigenvalue weighted by atomic mass is 10.0. The number of carbonyl (C=O) groups excluding carboxylic acids is 1. The fourth-order valence-electron chi connectivity index (χ4n) is 3.23. The summed E-state index contributed by atoms with van der Waals surface area (Å²) in [5.41, 5.74) is 0.538. The van der Waals surface area contributed by atoms with Crippen molar-refractivity contribution in [3.05, 3.63) is 11.5 Å². The zero-order chi connectivity index (χ0) is 14.3. The summed E-state index contributed by atoms with van der Waals surface area (Å²) < 4.78 is 0. The first-order chi connectivity index (χ1) is 9.63. The highest BCUT2D eigenvalue weighted by Gasteiger charge is 2.41. The van der Waals surface area contributed by atoms with Gasteiger partial charge in [-0.1, -0.05) is 19.8 Å². The molecule has 0 aromatic carbocycles. The predicted molar refractivity (Wildman–Crippen MR) is 77.5 cm³/mol. The molecular formula is C13H18ClN5O. The Balaban J connectivity index is 2.11. The summed E-state index contributed by atoms with van der Waals surface area (Å²) in [7, 11) is 0. The molecule has 108 valence electrons. The highest BCUT2D eigenvalue weighted by molar-refractivity contribution is 6.28. The van der Waals surface area contributed by atoms with Crippen molar-refractivity contribution in [1.82, 2.24) is 9.97 Å². The van der Waals surface area contributed by atoms with Crippen LogP contribution in [0, 0.1) is 0 Å². The van der Waals surface area contributed by atoms with E-state index in [1.54, 1.807) is 0 Å². The summed E-state index contributed by atoms with van der Waals surface area (Å²) in [4.78, 5) is 22.8. The van der Waals surface area contributed by atoms with Gasteiger partial charge < -0.3 is 4.90 Å². The third kappa shape index (κ3) is 2.03. The molecule has 2 aliphatic rings. The number of anilines is 2. The van der Waals surface area contributed by atoms with Crippen LogP contribution in [0.2, 0.25) is 5.28 Å². The van der Waals surface area contributed by atoms with E-state index in [2.05, 4.69) is 14.9 Å². The second kappa shape index (κ2) is 5.18. The lowest BCUT2D eigenvalue weighted by molar-refractivity contribution is -0.120. The maximum atomic E-state index is 12.4. The van der Waals surface area contributed by atoms with E-state index in [0.29, 0.717) is 24.0 Å². The summed E-state index contributed by atoms with van der Waals surface area (Å²) >= 11 is 5.93. The Bertz CT molecular complexity index is 531. The van der Waals surface area contributed by atoms with Crippen LogP contribution in [0.15, 0.2) is 6.20 Å². The second-order valence-corrected chi connectivity index (χ2v) is 5.66. The van der Waals surface area contributed by atoms with E-state index in [9.17, 15) is 4.79 Å². The molecule has 1 aliphatic heterocycles. The van der Waals surface area contributed by atoms with Gasteiger partial charge in [0.05, 0.1) is 6.20 Å². The number of aromatic nitrogens is 2. The Morgan fingerprint density at radius 3 is 2.80 bits per heavy atom. The van der Waals surface area contributed by atoms with Gasteiger partial charge in [0.2, 0.25) is 5.28 Å². The van der Waals surface area contributed by atoms with Crippen LogP contribution in [-0.2, 0) is 4.79 Å². The molecule has 1 aromatic heterocycles. The fourth-order valence-corrected chi connectivity index (χ4v) is 3.36. The Morgan fingerprint density at radius 1 is 1.45 bits per heavy atom. The Morgan fingerprint density at radius 2 is 2.15 bits per heavy atom. The molecule has 2 N–H and O–H groups in total. The van der Waals surface area contributed by atoms with Crippen molar-refractivity contribution in [2.75, 3.05) is 9.91 Å². The van der Waals surface area contributed by atoms with Crippen molar-refractivity contribution >= 4 is 29.0 Å². The molecule has 1 aliphatic carbocycles. The zero-order valence-corrected chi connectivity index (χ0v) is 12.2. The topological polar surface area (TPSA) is 75.3 Å². The van der Waals surface area contributed by atoms with Crippen LogP contribution >= 0.6 is 11.6 Å². The molecule has 0 unspecified atom stereocenters. The molecule has 0 saturated heterocycles. The number of hydrogen-bond donors (Lipinski definition) is 1. The Kier molecular flexibility index (Phi) is 3.52. The van der Waals surface area contributed by atoms with E-state index in [-0.39, 0.29) is 17.2 Å². The molecule has 20 heavy (non-hydrogen) atoms. The molecule has 0 bridgehead atoms. The number of hydrogen-bond acceptors (Lipinski definition) is 5. The average molecular weight is 296 g/mol. The largest absolute Gasteiger partial charge is 0.340 e. The number of rotatable bonds is 2. The van der Waals surface area contributed by atoms with Gasteiger partial charge in [0.1, 0.15) is 11.7 Å². The van der Waals surface area contributed by atoms with Crippen molar-refractivity contribution in [2.24, 2.45) is 5.84 Å². The maximum Gasteiger partial charge on any atom is 0.264 e. The van der Waals surface area contributed by atoms with Crippen molar-refractivity contribution in [1.29, 1.82) is 0 Å². The third-order valence-corrected chi connectivity index (χ3v) is 4.37. The standard InChI is InChI=1S/C13H18ClN5O/c1-2-9-12(20)19(15)10-7-16-13(14)17-11(10)18(9)8-5-3-4-6-8/h7-9H,2-6,15H2,1H3/t9-/m1/s1. The maximum absolute atomic E-state index is 12.4. The van der Waals surface area contributed by atoms with Gasteiger partial charge in [-0.3, -0.25) is 4.79 Å². The minimum Gasteiger partial charge on any atom is -0.340 e. The first-order valence-corrected chi connectivity index (χ1v) is 7.40. The van der Waals surface area contributed by atoms with Gasteiger partial charge in [0.25, 0.3) is 5.91 Å². The SMILES string of the molecule is CC[C@@H]1C(=O)N(N)c2cnc(Cl)nc2N1C1CCCC1. The summed E-state index contributed by atoms with van der Waals surface area (Å²) in [5.74, 6) is 6.49. The van der Waals surface area contributed by atoms with Crippen LogP contribution in [0.25, 0.3) is 0 Å². The van der Waals surface area contributed by atoms with Gasteiger partial charge in [0, 0.05) is 6.04 Å². The lowest BCUT2D eigenvalue weighted by Crippen LogP contribution is -2.58. The van der Waals surface area contributed by atoms with Gasteiger partial charge in [-0.2, -0.15) is 4.98 Å². The number of halogens is 1. The molecule has 1 fully saturated rings. The van der Waals surface area contributed by atoms with Crippen LogP contribution < -0.4 is 15.8 Å². The average Bonchev–Trinajstić information content (AvgIpc) is 2.96. The number of amides is 1. The number of carbonyl (C=O) groups is 1. The van der Waals surface area contributed by atoms with Gasteiger partial charge >= 0.3 is 0 Å². The molecule has 1 atom stereocenters. The number of hydrazine groups is 1. The normalized spacial score (nSPS) is 23.4. The van der Waals surface area contributed by atoms with Crippen molar-refractivity contribution in [3.8, 4) is 0 Å². The second-order valence-electron chi connectivity index (χ2n) is 5.33. The van der Waals surface area contributed by atoms with E-state index in [1.165, 1.54) is 19.0 Å². The molecule has 1 saturated carbocycles. The molecular weight excluding hydrogens is 278 g/mol. The van der Waals surface area contributed by atoms with Gasteiger partial charge in [0.15, 0.2) is 5.82 Å². The van der Waals surface area contributed by atoms with Crippen LogP contribution in [-0.4, -0.2) is 28.0 Å². The summed E-state index contributed by atoms with van der Waals surface area (Å²) in [6, 6.07) is 0.0730. The van der Waals surface area contributed by atoms with E-state index in [0.717, 1.165) is 17.9 Å². The monoisotopic (exact) mass is 295 g/mol. The first-order valence-electron chi connectivity index (χ1n) is 7.03. The molecule has 0 radical (unpaired) electrons. The van der Waals surface area contributed by atoms with Crippen LogP contribution in [0.5, 0.6) is 0 Å². The van der Waals surface area contributed by atoms with Crippen LogP contribution in [0.1, 0.15) is 39.0 Å². The van der Waals surface area contributed by atoms with Crippen LogP contribution in [0.3, 0.4) is 0 Å². The molecule has 3 rings (SSSR count). The van der Waals surface area contributed by atoms with Crippen molar-refractivity contribution in [2.45, 2.75) is 51.1 Å². The van der Waals surface area contributed by atoms with E-state index >= 15 is 0 Å². The van der Waals surface area contributed by atoms with Crippen LogP contribution in [0.4, 0.5) is 11.5 Å². The lowest BCUT2D eigenvalue weighted by Gasteiger charge is -2.42. The first kappa shape index (κ1) is 13.6. The van der Waals surface area contributed by atoms with Gasteiger partial charge in [-0.05, 0) is 30.9 Å². The number of nitrogens with zero attached hydrogens (tertiary/aromatic N) is 4. The molecule has 1 aromatic rings. The van der Waals surface area contributed by atoms with Gasteiger partial charge in [-0.15, -0.1) is 0 Å². The quantitative estimate of drug-likeness (QED) is 0.512. The fraction of sp³-hybridized carbons (Fsp3) is 0.615. The Hall–Kier alpha value is -1.40. The van der Waals surface area contributed by atoms with Gasteiger partial charge in [-0.25, -0.2) is 15.8 Å². The molecule has 6 nitrogen and oxygen atoms in total. The number of fused-ring (bicyclic) bond motifs is 1. The molecule has 0 spiro atoms. The summed E-state index contributed by atoms with van der Waals surface area (Å²) in [6.07, 6.45) is 6.75. The van der Waals surface area contributed by atoms with E-state index in [4.69, 9.17) is 17.4 Å². The molecule has 1 amide bonds. The highest BCUT2D eigenvalue weighted by Crippen LogP contribution is 2.38. The summed E-state index contributed by atoms with van der Waals surface area (Å²) in [5, 5.41) is 1.34. The van der Waals surface area contributed by atoms with E-state index < -0.39 is 0 Å². The Labute approximate surface area is 122 Å². The minimum absolute atomic E-state index is 0.0992. The smallest absolute Gasteiger partial charge is 0.264 e. The molecule has 2 heterocycles. The number of nitrogens with two attached hydrogens (primary N) is 1. The van der Waals surface area contributed by atoms with Crippen molar-refractivity contribution in [3.63, 3.8) is 0 Å².